The van der Waals surface area contributed by atoms with Gasteiger partial charge < -0.3 is 10.6 Å². The van der Waals surface area contributed by atoms with E-state index < -0.39 is 0 Å². The maximum Gasteiger partial charge on any atom is 0.239 e. The fourth-order valence-corrected chi connectivity index (χ4v) is 2.15. The van der Waals surface area contributed by atoms with Gasteiger partial charge in [0.25, 0.3) is 0 Å². The van der Waals surface area contributed by atoms with Gasteiger partial charge in [-0.25, -0.2) is 0 Å². The molecule has 3 heteroatoms. The van der Waals surface area contributed by atoms with Crippen LogP contribution in [0.4, 0.5) is 0 Å². The van der Waals surface area contributed by atoms with E-state index in [4.69, 9.17) is 5.73 Å². The highest BCUT2D eigenvalue weighted by molar-refractivity contribution is 5.81. The summed E-state index contributed by atoms with van der Waals surface area (Å²) in [5, 5.41) is 0. The third-order valence-electron chi connectivity index (χ3n) is 3.02. The lowest BCUT2D eigenvalue weighted by Crippen LogP contribution is -2.47. The standard InChI is InChI=1S/C11H22N2O/c1-3-10-7-5-4-6-8-13(10)11(14)9(2)12/h9-10H,3-8,12H2,1-2H3/t9-,10?/m1/s1. The minimum absolute atomic E-state index is 0.124. The molecule has 0 aromatic carbocycles. The second-order valence-corrected chi connectivity index (χ2v) is 4.23. The molecule has 0 radical (unpaired) electrons. The third-order valence-corrected chi connectivity index (χ3v) is 3.02. The van der Waals surface area contributed by atoms with Crippen molar-refractivity contribution in [3.05, 3.63) is 0 Å². The number of amides is 1. The van der Waals surface area contributed by atoms with E-state index >= 15 is 0 Å². The lowest BCUT2D eigenvalue weighted by atomic mass is 10.1. The predicted molar refractivity (Wildman–Crippen MR) is 57.9 cm³/mol. The molecule has 0 aromatic heterocycles. The molecular weight excluding hydrogens is 176 g/mol. The Morgan fingerprint density at radius 2 is 2.21 bits per heavy atom. The normalized spacial score (nSPS) is 25.6. The van der Waals surface area contributed by atoms with Crippen LogP contribution in [0.2, 0.25) is 0 Å². The number of hydrogen-bond acceptors (Lipinski definition) is 2. The smallest absolute Gasteiger partial charge is 0.239 e. The zero-order valence-corrected chi connectivity index (χ0v) is 9.33. The monoisotopic (exact) mass is 198 g/mol. The number of rotatable bonds is 2. The first kappa shape index (κ1) is 11.5. The fraction of sp³-hybridized carbons (Fsp3) is 0.909. The molecule has 1 fully saturated rings. The van der Waals surface area contributed by atoms with Gasteiger partial charge in [-0.2, -0.15) is 0 Å². The number of carbonyl (C=O) groups is 1. The largest absolute Gasteiger partial charge is 0.338 e. The SMILES string of the molecule is CCC1CCCCCN1C(=O)[C@@H](C)N. The van der Waals surface area contributed by atoms with Crippen molar-refractivity contribution in [2.24, 2.45) is 5.73 Å². The van der Waals surface area contributed by atoms with Gasteiger partial charge in [0.15, 0.2) is 0 Å². The van der Waals surface area contributed by atoms with Crippen LogP contribution in [0.5, 0.6) is 0 Å². The summed E-state index contributed by atoms with van der Waals surface area (Å²) in [4.78, 5) is 13.8. The Kier molecular flexibility index (Phi) is 4.39. The Hall–Kier alpha value is -0.570. The molecule has 1 unspecified atom stereocenters. The van der Waals surface area contributed by atoms with Gasteiger partial charge in [-0.15, -0.1) is 0 Å². The quantitative estimate of drug-likeness (QED) is 0.731. The predicted octanol–water partition coefficient (Wildman–Crippen LogP) is 1.51. The Morgan fingerprint density at radius 3 is 2.79 bits per heavy atom. The first-order chi connectivity index (χ1) is 6.66. The van der Waals surface area contributed by atoms with Gasteiger partial charge in [-0.05, 0) is 26.2 Å². The molecule has 2 atom stereocenters. The summed E-state index contributed by atoms with van der Waals surface area (Å²) in [6.07, 6.45) is 5.84. The fourth-order valence-electron chi connectivity index (χ4n) is 2.15. The van der Waals surface area contributed by atoms with E-state index in [2.05, 4.69) is 6.92 Å². The highest BCUT2D eigenvalue weighted by Gasteiger charge is 2.25. The highest BCUT2D eigenvalue weighted by atomic mass is 16.2. The maximum absolute atomic E-state index is 11.8. The molecule has 1 aliphatic heterocycles. The second-order valence-electron chi connectivity index (χ2n) is 4.23. The molecule has 0 bridgehead atoms. The van der Waals surface area contributed by atoms with E-state index in [-0.39, 0.29) is 11.9 Å². The lowest BCUT2D eigenvalue weighted by molar-refractivity contribution is -0.134. The van der Waals surface area contributed by atoms with Crippen LogP contribution >= 0.6 is 0 Å². The van der Waals surface area contributed by atoms with E-state index in [1.165, 1.54) is 12.8 Å². The molecule has 0 aliphatic carbocycles. The summed E-state index contributed by atoms with van der Waals surface area (Å²) in [5.41, 5.74) is 5.64. The van der Waals surface area contributed by atoms with Crippen LogP contribution in [0.1, 0.15) is 46.0 Å². The van der Waals surface area contributed by atoms with Gasteiger partial charge in [0, 0.05) is 12.6 Å². The Balaban J connectivity index is 2.65. The van der Waals surface area contributed by atoms with Crippen molar-refractivity contribution in [3.8, 4) is 0 Å². The van der Waals surface area contributed by atoms with Crippen molar-refractivity contribution in [1.29, 1.82) is 0 Å². The zero-order chi connectivity index (χ0) is 10.6. The summed E-state index contributed by atoms with van der Waals surface area (Å²) >= 11 is 0. The molecule has 1 heterocycles. The minimum atomic E-state index is -0.345. The van der Waals surface area contributed by atoms with Crippen LogP contribution in [0, 0.1) is 0 Å². The number of nitrogens with two attached hydrogens (primary N) is 1. The first-order valence-electron chi connectivity index (χ1n) is 5.73. The van der Waals surface area contributed by atoms with Crippen molar-refractivity contribution >= 4 is 5.91 Å². The topological polar surface area (TPSA) is 46.3 Å². The molecule has 0 saturated carbocycles. The molecule has 0 spiro atoms. The summed E-state index contributed by atoms with van der Waals surface area (Å²) in [6, 6.07) is 0.0816. The minimum Gasteiger partial charge on any atom is -0.338 e. The Labute approximate surface area is 86.6 Å². The van der Waals surface area contributed by atoms with Crippen molar-refractivity contribution in [2.45, 2.75) is 58.0 Å². The lowest BCUT2D eigenvalue weighted by Gasteiger charge is -2.30. The summed E-state index contributed by atoms with van der Waals surface area (Å²) in [6.45, 7) is 4.83. The van der Waals surface area contributed by atoms with E-state index in [1.54, 1.807) is 6.92 Å². The van der Waals surface area contributed by atoms with Crippen molar-refractivity contribution in [3.63, 3.8) is 0 Å². The molecule has 1 aliphatic rings. The van der Waals surface area contributed by atoms with Crippen molar-refractivity contribution in [1.82, 2.24) is 4.90 Å². The van der Waals surface area contributed by atoms with E-state index in [0.717, 1.165) is 25.8 Å². The number of carbonyl (C=O) groups excluding carboxylic acids is 1. The molecule has 1 amide bonds. The Bertz CT molecular complexity index is 192. The van der Waals surface area contributed by atoms with Gasteiger partial charge in [-0.3, -0.25) is 4.79 Å². The third kappa shape index (κ3) is 2.71. The number of likely N-dealkylation sites (tertiary alicyclic amines) is 1. The zero-order valence-electron chi connectivity index (χ0n) is 9.33. The first-order valence-corrected chi connectivity index (χ1v) is 5.73. The highest BCUT2D eigenvalue weighted by Crippen LogP contribution is 2.19. The van der Waals surface area contributed by atoms with Gasteiger partial charge >= 0.3 is 0 Å². The molecular formula is C11H22N2O. The molecule has 14 heavy (non-hydrogen) atoms. The molecule has 2 N–H and O–H groups in total. The molecule has 3 nitrogen and oxygen atoms in total. The van der Waals surface area contributed by atoms with Gasteiger partial charge in [0.05, 0.1) is 6.04 Å². The maximum atomic E-state index is 11.8. The van der Waals surface area contributed by atoms with Crippen LogP contribution in [0.3, 0.4) is 0 Å². The average molecular weight is 198 g/mol. The summed E-state index contributed by atoms with van der Waals surface area (Å²) in [7, 11) is 0. The molecule has 82 valence electrons. The van der Waals surface area contributed by atoms with Crippen LogP contribution in [0.25, 0.3) is 0 Å². The van der Waals surface area contributed by atoms with Crippen molar-refractivity contribution < 1.29 is 4.79 Å². The summed E-state index contributed by atoms with van der Waals surface area (Å²) in [5.74, 6) is 0.124. The number of hydrogen-bond donors (Lipinski definition) is 1. The van der Waals surface area contributed by atoms with E-state index in [1.807, 2.05) is 4.90 Å². The average Bonchev–Trinajstić information content (AvgIpc) is 2.40. The molecule has 1 rings (SSSR count). The molecule has 0 aromatic rings. The van der Waals surface area contributed by atoms with Crippen LogP contribution in [-0.4, -0.2) is 29.4 Å². The van der Waals surface area contributed by atoms with Gasteiger partial charge in [0.1, 0.15) is 0 Å². The number of nitrogens with zero attached hydrogens (tertiary/aromatic N) is 1. The van der Waals surface area contributed by atoms with E-state index in [0.29, 0.717) is 6.04 Å². The van der Waals surface area contributed by atoms with Crippen LogP contribution in [-0.2, 0) is 4.79 Å². The van der Waals surface area contributed by atoms with Gasteiger partial charge in [0.2, 0.25) is 5.91 Å². The van der Waals surface area contributed by atoms with E-state index in [9.17, 15) is 4.79 Å². The van der Waals surface area contributed by atoms with Gasteiger partial charge in [-0.1, -0.05) is 19.8 Å². The van der Waals surface area contributed by atoms with Crippen molar-refractivity contribution in [2.75, 3.05) is 6.54 Å². The van der Waals surface area contributed by atoms with Crippen LogP contribution in [0.15, 0.2) is 0 Å². The van der Waals surface area contributed by atoms with Crippen LogP contribution < -0.4 is 5.73 Å². The second kappa shape index (κ2) is 5.35. The Morgan fingerprint density at radius 1 is 1.50 bits per heavy atom. The summed E-state index contributed by atoms with van der Waals surface area (Å²) < 4.78 is 0. The molecule has 1 saturated heterocycles.